The number of carbonyl (C=O) groups is 2. The van der Waals surface area contributed by atoms with Gasteiger partial charge in [-0.05, 0) is 55.0 Å². The number of fused-ring (bicyclic) bond motifs is 1. The normalized spacial score (nSPS) is 11.9. The Bertz CT molecular complexity index is 1020. The topological polar surface area (TPSA) is 77.5 Å². The molecular weight excluding hydrogens is 356 g/mol. The van der Waals surface area contributed by atoms with E-state index in [1.165, 1.54) is 13.0 Å². The molecule has 0 saturated carbocycles. The zero-order valence-electron chi connectivity index (χ0n) is 15.6. The van der Waals surface area contributed by atoms with Crippen LogP contribution in [0.25, 0.3) is 17.0 Å². The second kappa shape index (κ2) is 8.81. The average molecular weight is 376 g/mol. The van der Waals surface area contributed by atoms with Gasteiger partial charge in [0.05, 0.1) is 18.3 Å². The first kappa shape index (κ1) is 19.1. The number of nitrogens with zero attached hydrogens (tertiary/aromatic N) is 1. The van der Waals surface area contributed by atoms with Crippen molar-refractivity contribution in [1.82, 2.24) is 4.98 Å². The summed E-state index contributed by atoms with van der Waals surface area (Å²) in [5, 5.41) is 3.60. The molecule has 0 aliphatic heterocycles. The van der Waals surface area contributed by atoms with Gasteiger partial charge in [0.25, 0.3) is 5.91 Å². The zero-order chi connectivity index (χ0) is 19.9. The Morgan fingerprint density at radius 1 is 1.11 bits per heavy atom. The van der Waals surface area contributed by atoms with Crippen molar-refractivity contribution in [2.45, 2.75) is 13.0 Å². The number of rotatable bonds is 6. The third-order valence-corrected chi connectivity index (χ3v) is 4.07. The van der Waals surface area contributed by atoms with Crippen molar-refractivity contribution < 1.29 is 19.1 Å². The van der Waals surface area contributed by atoms with Gasteiger partial charge in [-0.3, -0.25) is 9.78 Å². The van der Waals surface area contributed by atoms with E-state index in [2.05, 4.69) is 10.3 Å². The second-order valence-corrected chi connectivity index (χ2v) is 6.05. The quantitative estimate of drug-likeness (QED) is 0.523. The maximum absolute atomic E-state index is 12.4. The molecule has 1 heterocycles. The number of aromatic nitrogens is 1. The van der Waals surface area contributed by atoms with E-state index in [1.54, 1.807) is 43.6 Å². The Morgan fingerprint density at radius 3 is 2.75 bits per heavy atom. The van der Waals surface area contributed by atoms with Crippen molar-refractivity contribution >= 4 is 34.5 Å². The predicted octanol–water partition coefficient (Wildman–Crippen LogP) is 3.83. The van der Waals surface area contributed by atoms with Gasteiger partial charge in [0.1, 0.15) is 5.75 Å². The van der Waals surface area contributed by atoms with E-state index in [0.717, 1.165) is 16.5 Å². The first-order valence-electron chi connectivity index (χ1n) is 8.74. The summed E-state index contributed by atoms with van der Waals surface area (Å²) >= 11 is 0. The molecule has 6 heteroatoms. The second-order valence-electron chi connectivity index (χ2n) is 6.05. The Balaban J connectivity index is 1.61. The number of benzene rings is 2. The van der Waals surface area contributed by atoms with Gasteiger partial charge in [-0.25, -0.2) is 4.79 Å². The average Bonchev–Trinajstić information content (AvgIpc) is 2.72. The molecule has 3 aromatic rings. The monoisotopic (exact) mass is 376 g/mol. The molecule has 1 atom stereocenters. The van der Waals surface area contributed by atoms with Crippen molar-refractivity contribution in [2.75, 3.05) is 12.4 Å². The maximum Gasteiger partial charge on any atom is 0.331 e. The summed E-state index contributed by atoms with van der Waals surface area (Å²) in [6, 6.07) is 16.3. The molecule has 0 aliphatic rings. The molecule has 1 N–H and O–H groups in total. The summed E-state index contributed by atoms with van der Waals surface area (Å²) in [6.45, 7) is 1.52. The van der Waals surface area contributed by atoms with Gasteiger partial charge >= 0.3 is 5.97 Å². The van der Waals surface area contributed by atoms with Gasteiger partial charge < -0.3 is 14.8 Å². The van der Waals surface area contributed by atoms with Crippen molar-refractivity contribution in [3.05, 3.63) is 72.4 Å². The number of nitrogens with one attached hydrogen (secondary N) is 1. The minimum absolute atomic E-state index is 0.417. The lowest BCUT2D eigenvalue weighted by molar-refractivity contribution is -0.148. The summed E-state index contributed by atoms with van der Waals surface area (Å²) in [7, 11) is 1.57. The fourth-order valence-corrected chi connectivity index (χ4v) is 2.62. The lowest BCUT2D eigenvalue weighted by Gasteiger charge is -2.13. The van der Waals surface area contributed by atoms with Crippen LogP contribution in [0.5, 0.6) is 5.75 Å². The zero-order valence-corrected chi connectivity index (χ0v) is 15.6. The van der Waals surface area contributed by atoms with Crippen molar-refractivity contribution in [3.63, 3.8) is 0 Å². The molecule has 0 saturated heterocycles. The molecule has 1 aromatic heterocycles. The third kappa shape index (κ3) is 4.73. The number of anilines is 1. The van der Waals surface area contributed by atoms with Crippen LogP contribution in [-0.4, -0.2) is 30.1 Å². The number of esters is 1. The molecule has 0 radical (unpaired) electrons. The standard InChI is InChI=1S/C22H20N2O4/c1-15(28-21(25)12-11-16-6-3-7-17(14-16)27-2)22(26)24-20-10-4-9-19-18(20)8-5-13-23-19/h3-15H,1-2H3,(H,24,26)/b12-11+. The van der Waals surface area contributed by atoms with Crippen LogP contribution in [0.2, 0.25) is 0 Å². The van der Waals surface area contributed by atoms with E-state index in [0.29, 0.717) is 11.4 Å². The highest BCUT2D eigenvalue weighted by Crippen LogP contribution is 2.21. The summed E-state index contributed by atoms with van der Waals surface area (Å²) in [5.41, 5.74) is 2.17. The molecule has 1 amide bonds. The molecule has 0 bridgehead atoms. The van der Waals surface area contributed by atoms with E-state index in [1.807, 2.05) is 30.3 Å². The number of ether oxygens (including phenoxy) is 2. The Morgan fingerprint density at radius 2 is 1.93 bits per heavy atom. The highest BCUT2D eigenvalue weighted by atomic mass is 16.5. The fourth-order valence-electron chi connectivity index (χ4n) is 2.62. The van der Waals surface area contributed by atoms with Crippen LogP contribution in [-0.2, 0) is 14.3 Å². The Labute approximate surface area is 162 Å². The van der Waals surface area contributed by atoms with Crippen LogP contribution >= 0.6 is 0 Å². The minimum atomic E-state index is -0.950. The largest absolute Gasteiger partial charge is 0.497 e. The molecule has 0 spiro atoms. The third-order valence-electron chi connectivity index (χ3n) is 4.07. The predicted molar refractivity (Wildman–Crippen MR) is 108 cm³/mol. The maximum atomic E-state index is 12.4. The summed E-state index contributed by atoms with van der Waals surface area (Å²) in [5.74, 6) is -0.336. The van der Waals surface area contributed by atoms with Gasteiger partial charge in [0.15, 0.2) is 6.10 Å². The molecule has 142 valence electrons. The summed E-state index contributed by atoms with van der Waals surface area (Å²) in [4.78, 5) is 28.7. The minimum Gasteiger partial charge on any atom is -0.497 e. The van der Waals surface area contributed by atoms with Crippen molar-refractivity contribution in [2.24, 2.45) is 0 Å². The molecule has 0 aliphatic carbocycles. The number of pyridine rings is 1. The van der Waals surface area contributed by atoms with Gasteiger partial charge in [-0.15, -0.1) is 0 Å². The van der Waals surface area contributed by atoms with E-state index < -0.39 is 18.0 Å². The first-order valence-corrected chi connectivity index (χ1v) is 8.74. The van der Waals surface area contributed by atoms with Crippen LogP contribution in [0, 0.1) is 0 Å². The molecule has 2 aromatic carbocycles. The first-order chi connectivity index (χ1) is 13.6. The summed E-state index contributed by atoms with van der Waals surface area (Å²) < 4.78 is 10.3. The number of hydrogen-bond donors (Lipinski definition) is 1. The van der Waals surface area contributed by atoms with E-state index in [9.17, 15) is 9.59 Å². The van der Waals surface area contributed by atoms with Crippen LogP contribution in [0.4, 0.5) is 5.69 Å². The molecule has 6 nitrogen and oxygen atoms in total. The smallest absolute Gasteiger partial charge is 0.331 e. The Kier molecular flexibility index (Phi) is 6.01. The van der Waals surface area contributed by atoms with Crippen molar-refractivity contribution in [3.8, 4) is 5.75 Å². The van der Waals surface area contributed by atoms with E-state index >= 15 is 0 Å². The molecule has 0 fully saturated rings. The molecule has 3 rings (SSSR count). The van der Waals surface area contributed by atoms with E-state index in [4.69, 9.17) is 9.47 Å². The molecular formula is C22H20N2O4. The van der Waals surface area contributed by atoms with Crippen LogP contribution < -0.4 is 10.1 Å². The fraction of sp³-hybridized carbons (Fsp3) is 0.136. The van der Waals surface area contributed by atoms with Gasteiger partial charge in [-0.2, -0.15) is 0 Å². The van der Waals surface area contributed by atoms with Gasteiger partial charge in [-0.1, -0.05) is 18.2 Å². The molecule has 1 unspecified atom stereocenters. The lowest BCUT2D eigenvalue weighted by Crippen LogP contribution is -2.29. The number of amides is 1. The van der Waals surface area contributed by atoms with E-state index in [-0.39, 0.29) is 0 Å². The van der Waals surface area contributed by atoms with Crippen LogP contribution in [0.15, 0.2) is 66.9 Å². The van der Waals surface area contributed by atoms with Gasteiger partial charge in [0.2, 0.25) is 0 Å². The number of hydrogen-bond acceptors (Lipinski definition) is 5. The highest BCUT2D eigenvalue weighted by molar-refractivity contribution is 6.03. The van der Waals surface area contributed by atoms with Crippen molar-refractivity contribution in [1.29, 1.82) is 0 Å². The lowest BCUT2D eigenvalue weighted by atomic mass is 10.2. The number of methoxy groups -OCH3 is 1. The SMILES string of the molecule is COc1cccc(/C=C/C(=O)OC(C)C(=O)Nc2cccc3ncccc23)c1. The summed E-state index contributed by atoms with van der Waals surface area (Å²) in [6.07, 6.45) is 3.62. The number of carbonyl (C=O) groups excluding carboxylic acids is 2. The highest BCUT2D eigenvalue weighted by Gasteiger charge is 2.17. The van der Waals surface area contributed by atoms with Gasteiger partial charge in [0, 0.05) is 17.7 Å². The molecule has 28 heavy (non-hydrogen) atoms. The van der Waals surface area contributed by atoms with Crippen LogP contribution in [0.3, 0.4) is 0 Å². The van der Waals surface area contributed by atoms with Crippen LogP contribution in [0.1, 0.15) is 12.5 Å². The Hall–Kier alpha value is -3.67.